The summed E-state index contributed by atoms with van der Waals surface area (Å²) in [6.45, 7) is 2.14. The van der Waals surface area contributed by atoms with Gasteiger partial charge in [-0.05, 0) is 157 Å². The minimum atomic E-state index is -0.868. The van der Waals surface area contributed by atoms with Crippen molar-refractivity contribution in [3.63, 3.8) is 0 Å². The molecule has 1 aliphatic carbocycles. The van der Waals surface area contributed by atoms with Gasteiger partial charge >= 0.3 is 16.9 Å². The van der Waals surface area contributed by atoms with Crippen molar-refractivity contribution in [2.75, 3.05) is 7.11 Å². The molecule has 3 N–H and O–H groups in total. The monoisotopic (exact) mass is 1540 g/mol. The average molecular weight is 1540 g/mol. The van der Waals surface area contributed by atoms with Gasteiger partial charge in [-0.3, -0.25) is 19.0 Å². The van der Waals surface area contributed by atoms with Gasteiger partial charge < -0.3 is 55.7 Å². The van der Waals surface area contributed by atoms with E-state index in [1.54, 1.807) is 97.9 Å². The highest BCUT2D eigenvalue weighted by Crippen LogP contribution is 2.44. The lowest BCUT2D eigenvalue weighted by Gasteiger charge is -2.25. The number of ether oxygens (including phenoxy) is 1. The second-order valence-corrected chi connectivity index (χ2v) is 28.2. The normalized spacial score (nSPS) is 11.9. The Balaban J connectivity index is 0.000000125. The molecule has 1 aliphatic rings. The first-order valence-electron chi connectivity index (χ1n) is 32.6. The first kappa shape index (κ1) is 69.9. The van der Waals surface area contributed by atoms with Crippen LogP contribution in [0.2, 0.25) is 10.0 Å². The molecule has 29 heteroatoms. The van der Waals surface area contributed by atoms with Gasteiger partial charge in [0.05, 0.1) is 31.4 Å². The molecule has 0 radical (unpaired) electrons. The maximum absolute atomic E-state index is 14.1. The lowest BCUT2D eigenvalue weighted by atomic mass is 9.87. The van der Waals surface area contributed by atoms with Crippen molar-refractivity contribution in [2.45, 2.75) is 63.2 Å². The number of aromatic hydroxyl groups is 3. The molecule has 0 amide bonds. The maximum atomic E-state index is 14.1. The molecule has 22 nitrogen and oxygen atoms in total. The van der Waals surface area contributed by atoms with Gasteiger partial charge in [-0.25, -0.2) is 38.1 Å². The Hall–Kier alpha value is -12.4. The van der Waals surface area contributed by atoms with E-state index in [1.807, 2.05) is 60.7 Å². The molecule has 9 aromatic heterocycles. The summed E-state index contributed by atoms with van der Waals surface area (Å²) >= 11 is 14.3. The SMILES string of the molecule is COc1ccc2c3oc(=O)c(Sc4nc5ccc(Cl)cc5o4)c(O)c3c(=O)n(Cc3ccc(F)cc3)c2c1.Cc1cc2oc(=O)c(Sc3nc4ccccc4o3)c(O)c2c(=O)n1Cc1ccccc1.O=c1oc2c3c(n(-c4ccc(F)cc4)c(=O)c2c(O)c1Sc1nc2ccc(Cl)cc2o1)-c1ccccc1CC3. The fourth-order valence-corrected chi connectivity index (χ4v) is 15.4. The highest BCUT2D eigenvalue weighted by molar-refractivity contribution is 7.99. The van der Waals surface area contributed by atoms with Gasteiger partial charge in [0.25, 0.3) is 32.3 Å². The summed E-state index contributed by atoms with van der Waals surface area (Å²) in [5.74, 6) is -1.92. The molecule has 0 spiro atoms. The fraction of sp³-hybridized carbons (Fsp3) is 0.0759. The van der Waals surface area contributed by atoms with Crippen molar-refractivity contribution >= 4 is 136 Å². The van der Waals surface area contributed by atoms with Gasteiger partial charge in [-0.15, -0.1) is 0 Å². The van der Waals surface area contributed by atoms with E-state index in [1.165, 1.54) is 57.2 Å². The molecule has 9 heterocycles. The van der Waals surface area contributed by atoms with E-state index in [9.17, 15) is 52.9 Å². The van der Waals surface area contributed by atoms with Crippen LogP contribution in [-0.2, 0) is 25.9 Å². The molecule has 8 aromatic carbocycles. The van der Waals surface area contributed by atoms with Gasteiger partial charge in [0.2, 0.25) is 0 Å². The first-order chi connectivity index (χ1) is 52.2. The van der Waals surface area contributed by atoms with Crippen LogP contribution in [0.15, 0.2) is 274 Å². The molecule has 0 aliphatic heterocycles. The van der Waals surface area contributed by atoms with Crippen LogP contribution >= 0.6 is 58.5 Å². The number of fused-ring (bicyclic) bond motifs is 12. The Kier molecular flexibility index (Phi) is 18.4. The van der Waals surface area contributed by atoms with E-state index < -0.39 is 62.4 Å². The lowest BCUT2D eigenvalue weighted by Crippen LogP contribution is -2.25. The van der Waals surface area contributed by atoms with E-state index in [0.29, 0.717) is 108 Å². The predicted octanol–water partition coefficient (Wildman–Crippen LogP) is 16.8. The summed E-state index contributed by atoms with van der Waals surface area (Å²) in [6.07, 6.45) is 1.11. The Morgan fingerprint density at radius 3 is 1.61 bits per heavy atom. The third-order valence-corrected chi connectivity index (χ3v) is 21.0. The molecule has 0 bridgehead atoms. The molecule has 0 fully saturated rings. The molecule has 0 saturated heterocycles. The van der Waals surface area contributed by atoms with E-state index >= 15 is 0 Å². The second-order valence-electron chi connectivity index (χ2n) is 24.5. The highest BCUT2D eigenvalue weighted by atomic mass is 35.5. The first-order valence-corrected chi connectivity index (χ1v) is 35.8. The highest BCUT2D eigenvalue weighted by Gasteiger charge is 2.32. The Bertz CT molecular complexity index is 6910. The smallest absolute Gasteiger partial charge is 0.354 e. The Morgan fingerprint density at radius 1 is 0.481 bits per heavy atom. The minimum absolute atomic E-state index is 0.0269. The quantitative estimate of drug-likeness (QED) is 0.0957. The number of aryl methyl sites for hydroxylation is 3. The van der Waals surface area contributed by atoms with Gasteiger partial charge in [0, 0.05) is 62.2 Å². The van der Waals surface area contributed by atoms with Crippen LogP contribution in [0, 0.1) is 18.6 Å². The van der Waals surface area contributed by atoms with Crippen molar-refractivity contribution in [1.29, 1.82) is 0 Å². The summed E-state index contributed by atoms with van der Waals surface area (Å²) in [5, 5.41) is 34.6. The third kappa shape index (κ3) is 13.1. The number of pyridine rings is 3. The van der Waals surface area contributed by atoms with Gasteiger partial charge in [-0.2, -0.15) is 0 Å². The van der Waals surface area contributed by atoms with Crippen molar-refractivity contribution in [2.24, 2.45) is 0 Å². The van der Waals surface area contributed by atoms with Crippen LogP contribution in [0.5, 0.6) is 23.0 Å². The van der Waals surface area contributed by atoms with Crippen LogP contribution < -0.4 is 38.3 Å². The molecular weight excluding hydrogens is 1490 g/mol. The average Bonchev–Trinajstić information content (AvgIpc) is 0.883. The number of halogens is 4. The number of aromatic nitrogens is 6. The van der Waals surface area contributed by atoms with E-state index in [2.05, 4.69) is 15.0 Å². The summed E-state index contributed by atoms with van der Waals surface area (Å²) in [7, 11) is 1.49. The van der Waals surface area contributed by atoms with E-state index in [4.69, 9.17) is 54.4 Å². The summed E-state index contributed by atoms with van der Waals surface area (Å²) in [5.41, 5.74) is 4.83. The zero-order valence-corrected chi connectivity index (χ0v) is 59.8. The summed E-state index contributed by atoms with van der Waals surface area (Å²) in [4.78, 5) is 92.1. The minimum Gasteiger partial charge on any atom is -0.505 e. The van der Waals surface area contributed by atoms with Gasteiger partial charge in [0.15, 0.2) is 45.2 Å². The van der Waals surface area contributed by atoms with E-state index in [0.717, 1.165) is 52.0 Å². The number of methoxy groups -OCH3 is 1. The van der Waals surface area contributed by atoms with Crippen molar-refractivity contribution < 1.29 is 55.3 Å². The maximum Gasteiger partial charge on any atom is 0.354 e. The van der Waals surface area contributed by atoms with E-state index in [-0.39, 0.29) is 69.8 Å². The van der Waals surface area contributed by atoms with Crippen LogP contribution in [0.1, 0.15) is 27.9 Å². The fourth-order valence-electron chi connectivity index (χ4n) is 12.7. The third-order valence-electron chi connectivity index (χ3n) is 17.8. The molecule has 17 aromatic rings. The molecule has 0 atom stereocenters. The number of para-hydroxylation sites is 2. The van der Waals surface area contributed by atoms with Gasteiger partial charge in [-0.1, -0.05) is 102 Å². The number of hydrogen-bond donors (Lipinski definition) is 3. The van der Waals surface area contributed by atoms with Crippen LogP contribution in [0.3, 0.4) is 0 Å². The van der Waals surface area contributed by atoms with Crippen LogP contribution in [0.4, 0.5) is 8.78 Å². The summed E-state index contributed by atoms with van der Waals surface area (Å²) in [6, 6.07) is 51.8. The zero-order valence-electron chi connectivity index (χ0n) is 55.8. The van der Waals surface area contributed by atoms with Crippen molar-refractivity contribution in [1.82, 2.24) is 28.7 Å². The molecule has 536 valence electrons. The topological polar surface area (TPSA) is 305 Å². The molecule has 18 rings (SSSR count). The zero-order chi connectivity index (χ0) is 74.9. The lowest BCUT2D eigenvalue weighted by molar-refractivity contribution is 0.415. The van der Waals surface area contributed by atoms with Crippen LogP contribution in [-0.4, -0.2) is 51.1 Å². The molecule has 0 unspecified atom stereocenters. The Labute approximate surface area is 625 Å². The standard InChI is InChI=1S/C29H16ClFN2O5S.C27H16ClFN2O6S.C23H16N2O5S/c30-15-6-12-20-21(13-15)37-29(32-20)39-26-24(34)22-25(38-28(26)36)19-11-5-14-3-1-2-4-18(14)23(19)33(27(22)35)17-9-7-16(31)8-10-17;1-35-16-7-8-17-19(11-16)31(12-13-2-5-15(29)6-3-13)25(33)21-22(32)24(26(34)37-23(17)21)38-27-30-18-9-4-14(28)10-20(18)36-27;1-13-11-17-18(21(27)25(13)12-14-7-3-2-4-8-14)19(26)20(22(28)29-17)31-23-24-15-9-5-6-10-16(15)30-23/h1-4,6-10,12-13,34H,5,11H2;2-11,32H,12H2,1H3;2-11,26H,12H2,1H3. The molecule has 0 saturated carbocycles. The molecular formula is C79H48Cl2F2N6O16S3. The molecule has 108 heavy (non-hydrogen) atoms. The van der Waals surface area contributed by atoms with Crippen molar-refractivity contribution in [3.05, 3.63) is 300 Å². The summed E-state index contributed by atoms with van der Waals surface area (Å²) < 4.78 is 70.7. The van der Waals surface area contributed by atoms with Crippen LogP contribution in [0.25, 0.3) is 94.1 Å². The van der Waals surface area contributed by atoms with Crippen molar-refractivity contribution in [3.8, 4) is 39.9 Å². The number of nitrogens with zero attached hydrogens (tertiary/aromatic N) is 6. The number of oxazole rings is 3. The predicted molar refractivity (Wildman–Crippen MR) is 404 cm³/mol. The number of hydrogen-bond acceptors (Lipinski definition) is 22. The largest absolute Gasteiger partial charge is 0.505 e. The Morgan fingerprint density at radius 2 is 0.991 bits per heavy atom. The van der Waals surface area contributed by atoms with Gasteiger partial charge in [0.1, 0.15) is 70.4 Å². The second kappa shape index (κ2) is 28.5. The number of benzene rings is 8. The number of rotatable bonds is 12.